The second kappa shape index (κ2) is 3.21. The molecule has 0 radical (unpaired) electrons. The predicted molar refractivity (Wildman–Crippen MR) is 51.5 cm³/mol. The highest BCUT2D eigenvalue weighted by atomic mass is 16.5. The van der Waals surface area contributed by atoms with E-state index in [-0.39, 0.29) is 0 Å². The maximum Gasteiger partial charge on any atom is 0.0977 e. The first kappa shape index (κ1) is 8.30. The molecule has 0 aromatic carbocycles. The molecule has 2 nitrogen and oxygen atoms in total. The first-order chi connectivity index (χ1) is 6.25. The molecular weight excluding hydrogens is 162 g/mol. The minimum Gasteiger partial charge on any atom is -0.501 e. The summed E-state index contributed by atoms with van der Waals surface area (Å²) in [6, 6.07) is 4.24. The van der Waals surface area contributed by atoms with Crippen molar-refractivity contribution in [1.29, 1.82) is 0 Å². The first-order valence-corrected chi connectivity index (χ1v) is 4.49. The molecule has 0 saturated heterocycles. The fraction of sp³-hybridized carbons (Fsp3) is 0.364. The van der Waals surface area contributed by atoms with Crippen LogP contribution in [0.1, 0.15) is 22.9 Å². The molecule has 0 saturated carbocycles. The lowest BCUT2D eigenvalue weighted by Gasteiger charge is -2.08. The smallest absolute Gasteiger partial charge is 0.0977 e. The van der Waals surface area contributed by atoms with E-state index in [1.54, 1.807) is 6.26 Å². The zero-order chi connectivity index (χ0) is 9.26. The van der Waals surface area contributed by atoms with Crippen molar-refractivity contribution < 1.29 is 4.74 Å². The fourth-order valence-corrected chi connectivity index (χ4v) is 1.65. The molecule has 1 aliphatic heterocycles. The van der Waals surface area contributed by atoms with Gasteiger partial charge in [-0.1, -0.05) is 0 Å². The van der Waals surface area contributed by atoms with E-state index in [0.29, 0.717) is 5.92 Å². The van der Waals surface area contributed by atoms with Crippen molar-refractivity contribution in [2.75, 3.05) is 6.61 Å². The van der Waals surface area contributed by atoms with Gasteiger partial charge in [-0.05, 0) is 37.6 Å². The van der Waals surface area contributed by atoms with Crippen LogP contribution in [0.5, 0.6) is 0 Å². The quantitative estimate of drug-likeness (QED) is 0.653. The maximum atomic E-state index is 5.19. The normalized spacial score (nSPS) is 20.3. The first-order valence-electron chi connectivity index (χ1n) is 4.49. The third-order valence-electron chi connectivity index (χ3n) is 2.21. The van der Waals surface area contributed by atoms with Crippen molar-refractivity contribution in [3.8, 4) is 0 Å². The van der Waals surface area contributed by atoms with Crippen LogP contribution in [0.15, 0.2) is 24.5 Å². The average Bonchev–Trinajstić information content (AvgIpc) is 2.53. The molecule has 1 unspecified atom stereocenters. The Bertz CT molecular complexity index is 324. The zero-order valence-electron chi connectivity index (χ0n) is 7.95. The van der Waals surface area contributed by atoms with E-state index in [0.717, 1.165) is 18.0 Å². The van der Waals surface area contributed by atoms with Gasteiger partial charge in [-0.3, -0.25) is 4.98 Å². The van der Waals surface area contributed by atoms with Crippen LogP contribution in [0.3, 0.4) is 0 Å². The van der Waals surface area contributed by atoms with E-state index in [9.17, 15) is 0 Å². The lowest BCUT2D eigenvalue weighted by Crippen LogP contribution is -2.00. The van der Waals surface area contributed by atoms with Gasteiger partial charge in [0.05, 0.1) is 12.9 Å². The van der Waals surface area contributed by atoms with Crippen LogP contribution >= 0.6 is 0 Å². The second-order valence-electron chi connectivity index (χ2n) is 3.45. The topological polar surface area (TPSA) is 22.1 Å². The number of ether oxygens (including phenoxy) is 1. The minimum atomic E-state index is 0.417. The molecular formula is C11H13NO. The van der Waals surface area contributed by atoms with Crippen LogP contribution in [-0.2, 0) is 4.74 Å². The largest absolute Gasteiger partial charge is 0.501 e. The molecule has 68 valence electrons. The van der Waals surface area contributed by atoms with Crippen molar-refractivity contribution in [3.63, 3.8) is 0 Å². The summed E-state index contributed by atoms with van der Waals surface area (Å²) in [5.41, 5.74) is 3.46. The fourth-order valence-electron chi connectivity index (χ4n) is 1.65. The molecule has 1 atom stereocenters. The van der Waals surface area contributed by atoms with Crippen molar-refractivity contribution in [1.82, 2.24) is 4.98 Å². The summed E-state index contributed by atoms with van der Waals surface area (Å²) in [7, 11) is 0. The van der Waals surface area contributed by atoms with Crippen LogP contribution in [0.2, 0.25) is 0 Å². The van der Waals surface area contributed by atoms with Crippen molar-refractivity contribution in [2.45, 2.75) is 19.8 Å². The van der Waals surface area contributed by atoms with Gasteiger partial charge >= 0.3 is 0 Å². The van der Waals surface area contributed by atoms with Gasteiger partial charge in [0, 0.05) is 17.3 Å². The summed E-state index contributed by atoms with van der Waals surface area (Å²) >= 11 is 0. The molecule has 1 aliphatic rings. The minimum absolute atomic E-state index is 0.417. The van der Waals surface area contributed by atoms with Gasteiger partial charge in [-0.2, -0.15) is 0 Å². The summed E-state index contributed by atoms with van der Waals surface area (Å²) < 4.78 is 5.19. The monoisotopic (exact) mass is 175 g/mol. The molecule has 1 aromatic rings. The molecule has 13 heavy (non-hydrogen) atoms. The van der Waals surface area contributed by atoms with Gasteiger partial charge in [-0.15, -0.1) is 0 Å². The van der Waals surface area contributed by atoms with Gasteiger partial charge in [-0.25, -0.2) is 0 Å². The Morgan fingerprint density at radius 1 is 1.31 bits per heavy atom. The van der Waals surface area contributed by atoms with Crippen LogP contribution in [0.25, 0.3) is 0 Å². The molecule has 0 bridgehead atoms. The van der Waals surface area contributed by atoms with Crippen molar-refractivity contribution in [2.24, 2.45) is 0 Å². The molecule has 0 amide bonds. The third kappa shape index (κ3) is 1.72. The van der Waals surface area contributed by atoms with E-state index >= 15 is 0 Å². The van der Waals surface area contributed by atoms with E-state index in [1.807, 2.05) is 13.8 Å². The SMILES string of the molecule is Cc1cc(C2C=COC2)cc(C)n1. The number of hydrogen-bond donors (Lipinski definition) is 0. The molecule has 0 aliphatic carbocycles. The lowest BCUT2D eigenvalue weighted by atomic mass is 10.0. The summed E-state index contributed by atoms with van der Waals surface area (Å²) in [6.07, 6.45) is 3.87. The highest BCUT2D eigenvalue weighted by molar-refractivity contribution is 5.28. The molecule has 1 aromatic heterocycles. The van der Waals surface area contributed by atoms with Crippen LogP contribution in [0.4, 0.5) is 0 Å². The molecule has 2 heteroatoms. The van der Waals surface area contributed by atoms with Crippen LogP contribution in [0, 0.1) is 13.8 Å². The molecule has 2 rings (SSSR count). The van der Waals surface area contributed by atoms with Gasteiger partial charge in [0.2, 0.25) is 0 Å². The van der Waals surface area contributed by atoms with Gasteiger partial charge in [0.15, 0.2) is 0 Å². The van der Waals surface area contributed by atoms with Crippen molar-refractivity contribution >= 4 is 0 Å². The number of nitrogens with zero attached hydrogens (tertiary/aromatic N) is 1. The van der Waals surface area contributed by atoms with Crippen LogP contribution < -0.4 is 0 Å². The number of rotatable bonds is 1. The van der Waals surface area contributed by atoms with Gasteiger partial charge in [0.25, 0.3) is 0 Å². The molecule has 0 N–H and O–H groups in total. The number of aromatic nitrogens is 1. The number of hydrogen-bond acceptors (Lipinski definition) is 2. The maximum absolute atomic E-state index is 5.19. The third-order valence-corrected chi connectivity index (χ3v) is 2.21. The van der Waals surface area contributed by atoms with E-state index in [2.05, 4.69) is 23.2 Å². The van der Waals surface area contributed by atoms with Crippen molar-refractivity contribution in [3.05, 3.63) is 41.4 Å². The Morgan fingerprint density at radius 2 is 2.00 bits per heavy atom. The summed E-state index contributed by atoms with van der Waals surface area (Å²) in [5, 5.41) is 0. The number of pyridine rings is 1. The Hall–Kier alpha value is -1.31. The van der Waals surface area contributed by atoms with Gasteiger partial charge in [0.1, 0.15) is 0 Å². The molecule has 0 spiro atoms. The van der Waals surface area contributed by atoms with E-state index in [4.69, 9.17) is 4.74 Å². The second-order valence-corrected chi connectivity index (χ2v) is 3.45. The Morgan fingerprint density at radius 3 is 2.54 bits per heavy atom. The highest BCUT2D eigenvalue weighted by Gasteiger charge is 2.13. The molecule has 0 fully saturated rings. The van der Waals surface area contributed by atoms with E-state index < -0.39 is 0 Å². The van der Waals surface area contributed by atoms with E-state index in [1.165, 1.54) is 5.56 Å². The molecule has 2 heterocycles. The Balaban J connectivity index is 2.34. The summed E-state index contributed by atoms with van der Waals surface area (Å²) in [6.45, 7) is 4.81. The lowest BCUT2D eigenvalue weighted by molar-refractivity contribution is 0.269. The van der Waals surface area contributed by atoms with Crippen LogP contribution in [-0.4, -0.2) is 11.6 Å². The summed E-state index contributed by atoms with van der Waals surface area (Å²) in [5.74, 6) is 0.417. The Labute approximate surface area is 78.3 Å². The highest BCUT2D eigenvalue weighted by Crippen LogP contribution is 2.22. The zero-order valence-corrected chi connectivity index (χ0v) is 7.95. The number of aryl methyl sites for hydroxylation is 2. The predicted octanol–water partition coefficient (Wildman–Crippen LogP) is 2.33. The summed E-state index contributed by atoms with van der Waals surface area (Å²) in [4.78, 5) is 4.34. The average molecular weight is 175 g/mol. The Kier molecular flexibility index (Phi) is 2.05. The van der Waals surface area contributed by atoms with Gasteiger partial charge < -0.3 is 4.74 Å². The standard InChI is InChI=1S/C11H13NO/c1-8-5-11(6-9(2)12-8)10-3-4-13-7-10/h3-6,10H,7H2,1-2H3.